The zero-order chi connectivity index (χ0) is 23.0. The highest BCUT2D eigenvalue weighted by molar-refractivity contribution is 7.10. The van der Waals surface area contributed by atoms with Crippen LogP contribution in [0.15, 0.2) is 66.3 Å². The molecule has 1 atom stereocenters. The van der Waals surface area contributed by atoms with Gasteiger partial charge in [0.2, 0.25) is 11.8 Å². The van der Waals surface area contributed by atoms with E-state index in [0.717, 1.165) is 21.8 Å². The van der Waals surface area contributed by atoms with Gasteiger partial charge in [-0.25, -0.2) is 0 Å². The maximum atomic E-state index is 13.1. The van der Waals surface area contributed by atoms with Crippen LogP contribution in [-0.4, -0.2) is 59.4 Å². The quantitative estimate of drug-likeness (QED) is 0.511. The van der Waals surface area contributed by atoms with Gasteiger partial charge in [-0.3, -0.25) is 14.6 Å². The molecule has 0 radical (unpaired) electrons. The van der Waals surface area contributed by atoms with E-state index in [1.165, 1.54) is 0 Å². The lowest BCUT2D eigenvalue weighted by Crippen LogP contribution is -2.40. The van der Waals surface area contributed by atoms with E-state index in [1.54, 1.807) is 40.6 Å². The molecule has 2 aromatic heterocycles. The third-order valence-corrected chi connectivity index (χ3v) is 6.40. The number of benzene rings is 1. The largest absolute Gasteiger partial charge is 0.497 e. The van der Waals surface area contributed by atoms with Crippen LogP contribution >= 0.6 is 11.3 Å². The van der Waals surface area contributed by atoms with E-state index in [4.69, 9.17) is 9.47 Å². The SMILES string of the molecule is COc1ccc(CN2C[C@@H](OCc3cccnc3)CN(C(=O)Cc3cccs3)CC2=O)cc1. The molecule has 1 fully saturated rings. The van der Waals surface area contributed by atoms with Crippen molar-refractivity contribution < 1.29 is 19.1 Å². The Kier molecular flexibility index (Phi) is 7.70. The summed E-state index contributed by atoms with van der Waals surface area (Å²) in [7, 11) is 1.62. The van der Waals surface area contributed by atoms with E-state index in [1.807, 2.05) is 53.9 Å². The van der Waals surface area contributed by atoms with E-state index in [9.17, 15) is 9.59 Å². The molecule has 1 aliphatic rings. The molecule has 8 heteroatoms. The monoisotopic (exact) mass is 465 g/mol. The Bertz CT molecular complexity index is 1040. The number of hydrogen-bond donors (Lipinski definition) is 0. The number of aromatic nitrogens is 1. The Morgan fingerprint density at radius 3 is 2.67 bits per heavy atom. The topological polar surface area (TPSA) is 72.0 Å². The van der Waals surface area contributed by atoms with Crippen LogP contribution in [0, 0.1) is 0 Å². The fraction of sp³-hybridized carbons (Fsp3) is 0.320. The molecule has 0 saturated carbocycles. The van der Waals surface area contributed by atoms with Gasteiger partial charge in [0.15, 0.2) is 0 Å². The molecule has 0 N–H and O–H groups in total. The van der Waals surface area contributed by atoms with Gasteiger partial charge in [0.1, 0.15) is 5.75 Å². The molecule has 1 aliphatic heterocycles. The predicted octanol–water partition coefficient (Wildman–Crippen LogP) is 3.15. The molecule has 7 nitrogen and oxygen atoms in total. The Morgan fingerprint density at radius 1 is 1.12 bits per heavy atom. The maximum absolute atomic E-state index is 13.1. The van der Waals surface area contributed by atoms with Gasteiger partial charge in [0, 0.05) is 36.9 Å². The molecule has 3 heterocycles. The number of pyridine rings is 1. The van der Waals surface area contributed by atoms with E-state index < -0.39 is 0 Å². The molecule has 0 spiro atoms. The Balaban J connectivity index is 1.48. The molecule has 3 aromatic rings. The number of amides is 2. The van der Waals surface area contributed by atoms with Gasteiger partial charge in [0.25, 0.3) is 0 Å². The van der Waals surface area contributed by atoms with Crippen molar-refractivity contribution in [1.82, 2.24) is 14.8 Å². The van der Waals surface area contributed by atoms with Gasteiger partial charge in [-0.2, -0.15) is 0 Å². The fourth-order valence-corrected chi connectivity index (χ4v) is 4.45. The Hall–Kier alpha value is -3.23. The number of carbonyl (C=O) groups is 2. The van der Waals surface area contributed by atoms with Crippen molar-refractivity contribution in [3.05, 3.63) is 82.3 Å². The predicted molar refractivity (Wildman–Crippen MR) is 126 cm³/mol. The molecule has 33 heavy (non-hydrogen) atoms. The lowest BCUT2D eigenvalue weighted by molar-refractivity contribution is -0.138. The summed E-state index contributed by atoms with van der Waals surface area (Å²) in [6, 6.07) is 15.3. The number of carbonyl (C=O) groups excluding carboxylic acids is 2. The summed E-state index contributed by atoms with van der Waals surface area (Å²) in [6.45, 7) is 1.65. The molecule has 172 valence electrons. The molecule has 1 saturated heterocycles. The first-order valence-electron chi connectivity index (χ1n) is 10.8. The Labute approximate surface area is 197 Å². The maximum Gasteiger partial charge on any atom is 0.242 e. The average Bonchev–Trinajstić information content (AvgIpc) is 3.29. The summed E-state index contributed by atoms with van der Waals surface area (Å²) in [5, 5.41) is 1.95. The van der Waals surface area contributed by atoms with Gasteiger partial charge >= 0.3 is 0 Å². The molecule has 4 rings (SSSR count). The first-order chi connectivity index (χ1) is 16.1. The van der Waals surface area contributed by atoms with Crippen LogP contribution in [0.1, 0.15) is 16.0 Å². The molecule has 1 aromatic carbocycles. The second-order valence-electron chi connectivity index (χ2n) is 7.95. The van der Waals surface area contributed by atoms with Crippen LogP contribution in [-0.2, 0) is 33.9 Å². The number of hydrogen-bond acceptors (Lipinski definition) is 6. The number of nitrogens with zero attached hydrogens (tertiary/aromatic N) is 3. The molecular formula is C25H27N3O4S. The van der Waals surface area contributed by atoms with Crippen molar-refractivity contribution in [3.8, 4) is 5.75 Å². The van der Waals surface area contributed by atoms with E-state index in [-0.39, 0.29) is 24.5 Å². The fourth-order valence-electron chi connectivity index (χ4n) is 3.75. The molecule has 2 amide bonds. The van der Waals surface area contributed by atoms with Gasteiger partial charge in [-0.1, -0.05) is 24.3 Å². The summed E-state index contributed by atoms with van der Waals surface area (Å²) >= 11 is 1.54. The minimum Gasteiger partial charge on any atom is -0.497 e. The summed E-state index contributed by atoms with van der Waals surface area (Å²) in [6.07, 6.45) is 3.47. The summed E-state index contributed by atoms with van der Waals surface area (Å²) in [5.41, 5.74) is 1.94. The zero-order valence-corrected chi connectivity index (χ0v) is 19.4. The van der Waals surface area contributed by atoms with Crippen LogP contribution < -0.4 is 4.74 Å². The average molecular weight is 466 g/mol. The smallest absolute Gasteiger partial charge is 0.242 e. The van der Waals surface area contributed by atoms with Crippen molar-refractivity contribution in [3.63, 3.8) is 0 Å². The van der Waals surface area contributed by atoms with Crippen molar-refractivity contribution in [2.75, 3.05) is 26.7 Å². The van der Waals surface area contributed by atoms with Gasteiger partial charge in [-0.05, 0) is 40.8 Å². The summed E-state index contributed by atoms with van der Waals surface area (Å²) in [5.74, 6) is 0.619. The van der Waals surface area contributed by atoms with Gasteiger partial charge < -0.3 is 19.3 Å². The lowest BCUT2D eigenvalue weighted by atomic mass is 10.2. The van der Waals surface area contributed by atoms with Crippen LogP contribution in [0.25, 0.3) is 0 Å². The van der Waals surface area contributed by atoms with Crippen LogP contribution in [0.5, 0.6) is 5.75 Å². The normalized spacial score (nSPS) is 16.5. The van der Waals surface area contributed by atoms with Gasteiger partial charge in [-0.15, -0.1) is 11.3 Å². The number of rotatable bonds is 8. The first-order valence-corrected chi connectivity index (χ1v) is 11.7. The van der Waals surface area contributed by atoms with Crippen molar-refractivity contribution in [1.29, 1.82) is 0 Å². The minimum absolute atomic E-state index is 0.0487. The highest BCUT2D eigenvalue weighted by Gasteiger charge is 2.31. The van der Waals surface area contributed by atoms with Gasteiger partial charge in [0.05, 0.1) is 32.8 Å². The molecule has 0 bridgehead atoms. The standard InChI is InChI=1S/C25H27N3O4S/c1-31-21-8-6-19(7-9-21)14-27-15-22(32-18-20-4-2-10-26-13-20)16-28(17-25(27)30)24(29)12-23-5-3-11-33-23/h2-11,13,22H,12,14-18H2,1H3/t22-/m1/s1. The van der Waals surface area contributed by atoms with Crippen molar-refractivity contribution in [2.45, 2.75) is 25.7 Å². The molecule has 0 aliphatic carbocycles. The summed E-state index contributed by atoms with van der Waals surface area (Å²) in [4.78, 5) is 34.6. The molecule has 0 unspecified atom stereocenters. The van der Waals surface area contributed by atoms with Crippen LogP contribution in [0.4, 0.5) is 0 Å². The highest BCUT2D eigenvalue weighted by atomic mass is 32.1. The summed E-state index contributed by atoms with van der Waals surface area (Å²) < 4.78 is 11.4. The van der Waals surface area contributed by atoms with Crippen LogP contribution in [0.2, 0.25) is 0 Å². The third kappa shape index (κ3) is 6.40. The zero-order valence-electron chi connectivity index (χ0n) is 18.6. The van der Waals surface area contributed by atoms with E-state index in [2.05, 4.69) is 4.98 Å². The Morgan fingerprint density at radius 2 is 1.97 bits per heavy atom. The highest BCUT2D eigenvalue weighted by Crippen LogP contribution is 2.18. The van der Waals surface area contributed by atoms with Crippen molar-refractivity contribution in [2.24, 2.45) is 0 Å². The second-order valence-corrected chi connectivity index (χ2v) is 8.98. The first kappa shape index (κ1) is 22.9. The number of methoxy groups -OCH3 is 1. The number of thiophene rings is 1. The number of ether oxygens (including phenoxy) is 2. The minimum atomic E-state index is -0.304. The second kappa shape index (κ2) is 11.1. The van der Waals surface area contributed by atoms with Crippen LogP contribution in [0.3, 0.4) is 0 Å². The van der Waals surface area contributed by atoms with E-state index in [0.29, 0.717) is 32.7 Å². The third-order valence-electron chi connectivity index (χ3n) is 5.53. The van der Waals surface area contributed by atoms with Crippen molar-refractivity contribution >= 4 is 23.2 Å². The lowest BCUT2D eigenvalue weighted by Gasteiger charge is -2.25. The molecular weight excluding hydrogens is 438 g/mol. The van der Waals surface area contributed by atoms with E-state index >= 15 is 0 Å².